The van der Waals surface area contributed by atoms with Crippen molar-refractivity contribution in [3.8, 4) is 0 Å². The van der Waals surface area contributed by atoms with E-state index in [-0.39, 0.29) is 17.3 Å². The van der Waals surface area contributed by atoms with Gasteiger partial charge in [0, 0.05) is 49.0 Å². The zero-order valence-corrected chi connectivity index (χ0v) is 22.1. The molecule has 0 unspecified atom stereocenters. The number of nitrogens with zero attached hydrogens (tertiary/aromatic N) is 5. The number of ether oxygens (including phenoxy) is 1. The zero-order chi connectivity index (χ0) is 25.6. The van der Waals surface area contributed by atoms with Crippen LogP contribution in [0, 0.1) is 5.41 Å². The van der Waals surface area contributed by atoms with Gasteiger partial charge in [-0.25, -0.2) is 15.0 Å². The lowest BCUT2D eigenvalue weighted by Crippen LogP contribution is -2.44. The number of nitrogen functional groups attached to an aromatic ring is 2. The van der Waals surface area contributed by atoms with E-state index in [9.17, 15) is 0 Å². The Kier molecular flexibility index (Phi) is 6.52. The van der Waals surface area contributed by atoms with Gasteiger partial charge in [0.25, 0.3) is 0 Å². The monoisotopic (exact) mass is 538 g/mol. The van der Waals surface area contributed by atoms with Gasteiger partial charge in [-0.3, -0.25) is 0 Å². The molecule has 6 rings (SSSR count). The largest absolute Gasteiger partial charge is 0.382 e. The van der Waals surface area contributed by atoms with E-state index >= 15 is 0 Å². The van der Waals surface area contributed by atoms with Crippen molar-refractivity contribution in [3.05, 3.63) is 52.8 Å². The molecule has 4 heterocycles. The number of aromatic nitrogens is 3. The molecule has 3 aromatic rings. The molecule has 2 aromatic heterocycles. The van der Waals surface area contributed by atoms with Crippen LogP contribution in [-0.4, -0.2) is 54.3 Å². The standard InChI is InChI=1S/C26H31ClN8OS/c27-21-19(3-6-31-23(21)29)37-25-24(30)33-20(15-32-25)35-7-4-26(5-8-35)14-16-1-2-17(13-18(16)22(26)28)34-9-11-36-12-10-34/h1-3,6,13,15,22H,4-5,7-12,14,28H2,(H2,29,31)(H2,30,33)/t22-/m1/s1. The molecule has 1 atom stereocenters. The number of morpholine rings is 1. The average molecular weight is 539 g/mol. The van der Waals surface area contributed by atoms with Crippen LogP contribution in [0.2, 0.25) is 5.02 Å². The molecule has 2 saturated heterocycles. The third kappa shape index (κ3) is 4.56. The molecule has 3 aliphatic rings. The zero-order valence-electron chi connectivity index (χ0n) is 20.6. The molecule has 11 heteroatoms. The molecular formula is C26H31ClN8OS. The van der Waals surface area contributed by atoms with E-state index in [0.29, 0.717) is 15.9 Å². The maximum atomic E-state index is 6.94. The van der Waals surface area contributed by atoms with Gasteiger partial charge in [0.15, 0.2) is 5.82 Å². The summed E-state index contributed by atoms with van der Waals surface area (Å²) in [5.41, 5.74) is 23.1. The Morgan fingerprint density at radius 3 is 2.54 bits per heavy atom. The van der Waals surface area contributed by atoms with Crippen LogP contribution in [0.25, 0.3) is 0 Å². The van der Waals surface area contributed by atoms with Crippen LogP contribution >= 0.6 is 23.4 Å². The highest BCUT2D eigenvalue weighted by Gasteiger charge is 2.46. The van der Waals surface area contributed by atoms with Gasteiger partial charge in [-0.1, -0.05) is 29.4 Å². The maximum absolute atomic E-state index is 6.94. The molecule has 0 radical (unpaired) electrons. The van der Waals surface area contributed by atoms with E-state index in [1.54, 1.807) is 18.5 Å². The Morgan fingerprint density at radius 1 is 1.00 bits per heavy atom. The van der Waals surface area contributed by atoms with Crippen LogP contribution < -0.4 is 27.0 Å². The molecule has 194 valence electrons. The average Bonchev–Trinajstić information content (AvgIpc) is 3.19. The van der Waals surface area contributed by atoms with Gasteiger partial charge in [-0.2, -0.15) is 0 Å². The highest BCUT2D eigenvalue weighted by molar-refractivity contribution is 7.99. The molecule has 1 spiro atoms. The van der Waals surface area contributed by atoms with Gasteiger partial charge in [0.05, 0.1) is 24.4 Å². The minimum absolute atomic E-state index is 0.0399. The van der Waals surface area contributed by atoms with Gasteiger partial charge < -0.3 is 31.7 Å². The van der Waals surface area contributed by atoms with E-state index in [4.69, 9.17) is 33.5 Å². The number of fused-ring (bicyclic) bond motifs is 1. The Morgan fingerprint density at radius 2 is 1.78 bits per heavy atom. The first kappa shape index (κ1) is 24.5. The molecule has 2 aliphatic heterocycles. The highest BCUT2D eigenvalue weighted by Crippen LogP contribution is 2.51. The van der Waals surface area contributed by atoms with Crippen molar-refractivity contribution in [2.24, 2.45) is 11.1 Å². The van der Waals surface area contributed by atoms with Crippen molar-refractivity contribution < 1.29 is 4.74 Å². The van der Waals surface area contributed by atoms with Crippen molar-refractivity contribution >= 4 is 46.5 Å². The van der Waals surface area contributed by atoms with Crippen LogP contribution in [0.4, 0.5) is 23.1 Å². The van der Waals surface area contributed by atoms with Crippen molar-refractivity contribution in [1.82, 2.24) is 15.0 Å². The molecule has 1 aliphatic carbocycles. The smallest absolute Gasteiger partial charge is 0.158 e. The molecule has 9 nitrogen and oxygen atoms in total. The second-order valence-corrected chi connectivity index (χ2v) is 11.4. The fourth-order valence-electron chi connectivity index (χ4n) is 5.78. The number of halogens is 1. The van der Waals surface area contributed by atoms with Crippen molar-refractivity contribution in [3.63, 3.8) is 0 Å². The molecule has 0 amide bonds. The first-order valence-electron chi connectivity index (χ1n) is 12.6. The summed E-state index contributed by atoms with van der Waals surface area (Å²) in [6.45, 7) is 5.15. The predicted octanol–water partition coefficient (Wildman–Crippen LogP) is 3.52. The summed E-state index contributed by atoms with van der Waals surface area (Å²) in [5, 5.41) is 0.985. The highest BCUT2D eigenvalue weighted by atomic mass is 35.5. The fourth-order valence-corrected chi connectivity index (χ4v) is 6.79. The summed E-state index contributed by atoms with van der Waals surface area (Å²) < 4.78 is 5.52. The lowest BCUT2D eigenvalue weighted by Gasteiger charge is -2.42. The van der Waals surface area contributed by atoms with Crippen LogP contribution in [-0.2, 0) is 11.2 Å². The maximum Gasteiger partial charge on any atom is 0.158 e. The van der Waals surface area contributed by atoms with Crippen LogP contribution in [0.15, 0.2) is 46.6 Å². The number of anilines is 4. The Labute approximate surface area is 225 Å². The number of nitrogens with two attached hydrogens (primary N) is 3. The van der Waals surface area contributed by atoms with E-state index in [0.717, 1.165) is 69.4 Å². The van der Waals surface area contributed by atoms with E-state index in [1.165, 1.54) is 28.6 Å². The number of piperidine rings is 1. The summed E-state index contributed by atoms with van der Waals surface area (Å²) in [7, 11) is 0. The third-order valence-electron chi connectivity index (χ3n) is 7.96. The van der Waals surface area contributed by atoms with Gasteiger partial charge >= 0.3 is 0 Å². The molecule has 1 aromatic carbocycles. The summed E-state index contributed by atoms with van der Waals surface area (Å²) in [5.74, 6) is 1.44. The van der Waals surface area contributed by atoms with Gasteiger partial charge in [0.2, 0.25) is 0 Å². The topological polar surface area (TPSA) is 132 Å². The Balaban J connectivity index is 1.13. The van der Waals surface area contributed by atoms with Crippen molar-refractivity contribution in [2.75, 3.05) is 60.7 Å². The lowest BCUT2D eigenvalue weighted by molar-refractivity contribution is 0.122. The van der Waals surface area contributed by atoms with E-state index in [1.807, 2.05) is 0 Å². The SMILES string of the molecule is Nc1nc(N2CCC3(CC2)Cc2ccc(N4CCOCC4)cc2[C@H]3N)cnc1Sc1ccnc(N)c1Cl. The van der Waals surface area contributed by atoms with Crippen molar-refractivity contribution in [2.45, 2.75) is 35.2 Å². The molecule has 6 N–H and O–H groups in total. The van der Waals surface area contributed by atoms with Crippen LogP contribution in [0.5, 0.6) is 0 Å². The second-order valence-electron chi connectivity index (χ2n) is 10.0. The molecule has 0 bridgehead atoms. The minimum Gasteiger partial charge on any atom is -0.382 e. The molecule has 0 saturated carbocycles. The first-order valence-corrected chi connectivity index (χ1v) is 13.8. The number of hydrogen-bond donors (Lipinski definition) is 3. The lowest BCUT2D eigenvalue weighted by atomic mass is 9.73. The predicted molar refractivity (Wildman–Crippen MR) is 148 cm³/mol. The van der Waals surface area contributed by atoms with Gasteiger partial charge in [0.1, 0.15) is 16.7 Å². The van der Waals surface area contributed by atoms with Crippen LogP contribution in [0.1, 0.15) is 30.0 Å². The van der Waals surface area contributed by atoms with Crippen LogP contribution in [0.3, 0.4) is 0 Å². The number of hydrogen-bond acceptors (Lipinski definition) is 10. The van der Waals surface area contributed by atoms with E-state index in [2.05, 4.69) is 43.0 Å². The molecular weight excluding hydrogens is 508 g/mol. The summed E-state index contributed by atoms with van der Waals surface area (Å²) >= 11 is 7.61. The first-order chi connectivity index (χ1) is 17.9. The Bertz CT molecular complexity index is 1310. The van der Waals surface area contributed by atoms with E-state index < -0.39 is 0 Å². The number of rotatable bonds is 4. The van der Waals surface area contributed by atoms with Crippen molar-refractivity contribution in [1.29, 1.82) is 0 Å². The second kappa shape index (κ2) is 9.83. The van der Waals surface area contributed by atoms with Gasteiger partial charge in [-0.05, 0) is 54.0 Å². The molecule has 2 fully saturated rings. The van der Waals surface area contributed by atoms with Gasteiger partial charge in [-0.15, -0.1) is 0 Å². The molecule has 37 heavy (non-hydrogen) atoms. The Hall–Kier alpha value is -2.79. The summed E-state index contributed by atoms with van der Waals surface area (Å²) in [6, 6.07) is 8.67. The minimum atomic E-state index is 0.0399. The summed E-state index contributed by atoms with van der Waals surface area (Å²) in [6.07, 6.45) is 6.42. The fraction of sp³-hybridized carbons (Fsp3) is 0.423. The number of benzene rings is 1. The normalized spacial score (nSPS) is 20.9. The number of pyridine rings is 1. The third-order valence-corrected chi connectivity index (χ3v) is 9.54. The summed E-state index contributed by atoms with van der Waals surface area (Å²) in [4.78, 5) is 18.6. The quantitative estimate of drug-likeness (QED) is 0.453.